The minimum Gasteiger partial charge on any atom is -0.355 e. The molecular formula is C25H18N2O4. The van der Waals surface area contributed by atoms with Gasteiger partial charge in [0.25, 0.3) is 0 Å². The van der Waals surface area contributed by atoms with Gasteiger partial charge >= 0.3 is 5.97 Å². The van der Waals surface area contributed by atoms with Crippen LogP contribution in [0.4, 0.5) is 0 Å². The lowest BCUT2D eigenvalue weighted by atomic mass is 9.96. The molecule has 6 heteroatoms. The Bertz CT molecular complexity index is 1460. The molecule has 1 N–H and O–H groups in total. The Labute approximate surface area is 177 Å². The number of Topliss-reactive ketones (excluding diaryl/α,β-unsaturated/α-hetero) is 1. The van der Waals surface area contributed by atoms with Gasteiger partial charge < -0.3 is 9.82 Å². The fourth-order valence-corrected chi connectivity index (χ4v) is 4.18. The van der Waals surface area contributed by atoms with E-state index < -0.39 is 5.97 Å². The van der Waals surface area contributed by atoms with Crippen LogP contribution < -0.4 is 0 Å². The van der Waals surface area contributed by atoms with Gasteiger partial charge in [0.05, 0.1) is 0 Å². The van der Waals surface area contributed by atoms with Crippen molar-refractivity contribution in [3.63, 3.8) is 0 Å². The van der Waals surface area contributed by atoms with Gasteiger partial charge in [0.2, 0.25) is 5.78 Å². The molecule has 1 aliphatic rings. The van der Waals surface area contributed by atoms with Crippen LogP contribution >= 0.6 is 0 Å². The monoisotopic (exact) mass is 410 g/mol. The highest BCUT2D eigenvalue weighted by Gasteiger charge is 2.30. The Morgan fingerprint density at radius 2 is 1.81 bits per heavy atom. The Hall–Kier alpha value is -4.06. The van der Waals surface area contributed by atoms with Crippen molar-refractivity contribution in [3.8, 4) is 0 Å². The number of ketones is 2. The SMILES string of the molecule is CC(=O)O/N=C1\Cc2c(ccc3[nH]c4ccc(C(=O)c5ccccc5C)cc4c23)C1=O. The van der Waals surface area contributed by atoms with Crippen LogP contribution in [0.2, 0.25) is 0 Å². The molecule has 5 rings (SSSR count). The van der Waals surface area contributed by atoms with Crippen molar-refractivity contribution in [2.45, 2.75) is 20.3 Å². The highest BCUT2D eigenvalue weighted by molar-refractivity contribution is 6.50. The Balaban J connectivity index is 1.67. The van der Waals surface area contributed by atoms with Gasteiger partial charge in [-0.05, 0) is 48.4 Å². The van der Waals surface area contributed by atoms with E-state index in [2.05, 4.69) is 10.1 Å². The molecule has 6 nitrogen and oxygen atoms in total. The number of aryl methyl sites for hydroxylation is 1. The van der Waals surface area contributed by atoms with Crippen molar-refractivity contribution >= 4 is 45.1 Å². The number of fused-ring (bicyclic) bond motifs is 5. The number of benzene rings is 3. The predicted molar refractivity (Wildman–Crippen MR) is 118 cm³/mol. The Kier molecular flexibility index (Phi) is 4.29. The molecule has 0 atom stereocenters. The van der Waals surface area contributed by atoms with Crippen molar-refractivity contribution in [2.75, 3.05) is 0 Å². The zero-order chi connectivity index (χ0) is 21.7. The van der Waals surface area contributed by atoms with Gasteiger partial charge in [0, 0.05) is 51.8 Å². The van der Waals surface area contributed by atoms with E-state index in [9.17, 15) is 14.4 Å². The fraction of sp³-hybridized carbons (Fsp3) is 0.120. The second kappa shape index (κ2) is 7.02. The molecule has 0 radical (unpaired) electrons. The van der Waals surface area contributed by atoms with E-state index in [4.69, 9.17) is 4.84 Å². The lowest BCUT2D eigenvalue weighted by Crippen LogP contribution is -2.09. The lowest BCUT2D eigenvalue weighted by molar-refractivity contribution is -0.140. The standard InChI is InChI=1S/C25H18N2O4/c1-13-5-3-4-6-16(13)24(29)15-7-9-20-19(11-15)23-18-12-22(27-31-14(2)28)25(30)17(18)8-10-21(23)26-20/h3-11,26H,12H2,1-2H3/b27-22+. The molecule has 1 heterocycles. The second-order valence-corrected chi connectivity index (χ2v) is 7.67. The molecule has 0 saturated carbocycles. The van der Waals surface area contributed by atoms with Crippen LogP contribution in [0.15, 0.2) is 59.8 Å². The summed E-state index contributed by atoms with van der Waals surface area (Å²) in [5, 5.41) is 5.49. The predicted octanol–water partition coefficient (Wildman–Crippen LogP) is 4.52. The quantitative estimate of drug-likeness (QED) is 0.306. The fourth-order valence-electron chi connectivity index (χ4n) is 4.18. The highest BCUT2D eigenvalue weighted by atomic mass is 16.7. The number of carbonyl (C=O) groups is 3. The van der Waals surface area contributed by atoms with Gasteiger partial charge in [-0.1, -0.05) is 29.4 Å². The van der Waals surface area contributed by atoms with Gasteiger partial charge in [-0.25, -0.2) is 4.79 Å². The smallest absolute Gasteiger partial charge is 0.331 e. The third kappa shape index (κ3) is 3.04. The van der Waals surface area contributed by atoms with E-state index in [0.29, 0.717) is 16.7 Å². The molecule has 4 aromatic rings. The number of aromatic amines is 1. The number of carbonyl (C=O) groups excluding carboxylic acids is 3. The van der Waals surface area contributed by atoms with Gasteiger partial charge in [-0.3, -0.25) is 9.59 Å². The molecule has 0 fully saturated rings. The number of oxime groups is 1. The summed E-state index contributed by atoms with van der Waals surface area (Å²) in [5.74, 6) is -0.873. The number of H-pyrrole nitrogens is 1. The molecule has 0 unspecified atom stereocenters. The number of hydrogen-bond donors (Lipinski definition) is 1. The summed E-state index contributed by atoms with van der Waals surface area (Å²) in [6.07, 6.45) is 0.266. The van der Waals surface area contributed by atoms with Crippen molar-refractivity contribution in [1.82, 2.24) is 4.98 Å². The van der Waals surface area contributed by atoms with Crippen LogP contribution in [0.25, 0.3) is 21.8 Å². The molecule has 0 spiro atoms. The molecule has 1 aromatic heterocycles. The summed E-state index contributed by atoms with van der Waals surface area (Å²) in [7, 11) is 0. The summed E-state index contributed by atoms with van der Waals surface area (Å²) >= 11 is 0. The zero-order valence-electron chi connectivity index (χ0n) is 17.0. The van der Waals surface area contributed by atoms with Crippen molar-refractivity contribution < 1.29 is 19.2 Å². The highest BCUT2D eigenvalue weighted by Crippen LogP contribution is 2.35. The van der Waals surface area contributed by atoms with Crippen LogP contribution in [0, 0.1) is 6.92 Å². The van der Waals surface area contributed by atoms with Crippen LogP contribution in [0.3, 0.4) is 0 Å². The third-order valence-electron chi connectivity index (χ3n) is 5.66. The average Bonchev–Trinajstić information content (AvgIpc) is 3.29. The lowest BCUT2D eigenvalue weighted by Gasteiger charge is -2.05. The normalized spacial score (nSPS) is 14.4. The first-order chi connectivity index (χ1) is 14.9. The van der Waals surface area contributed by atoms with E-state index in [1.807, 2.05) is 55.5 Å². The summed E-state index contributed by atoms with van der Waals surface area (Å²) in [5.41, 5.74) is 5.47. The number of hydrogen-bond acceptors (Lipinski definition) is 5. The third-order valence-corrected chi connectivity index (χ3v) is 5.66. The maximum Gasteiger partial charge on any atom is 0.331 e. The van der Waals surface area contributed by atoms with Gasteiger partial charge in [-0.15, -0.1) is 0 Å². The Morgan fingerprint density at radius 3 is 2.58 bits per heavy atom. The molecule has 0 aliphatic heterocycles. The van der Waals surface area contributed by atoms with Crippen molar-refractivity contribution in [3.05, 3.63) is 82.4 Å². The molecule has 152 valence electrons. The maximum atomic E-state index is 13.1. The summed E-state index contributed by atoms with van der Waals surface area (Å²) in [6.45, 7) is 3.15. The van der Waals surface area contributed by atoms with E-state index in [1.54, 1.807) is 6.07 Å². The minimum absolute atomic E-state index is 0.0462. The van der Waals surface area contributed by atoms with E-state index in [1.165, 1.54) is 6.92 Å². The summed E-state index contributed by atoms with van der Waals surface area (Å²) in [6, 6.07) is 16.7. The van der Waals surface area contributed by atoms with Crippen LogP contribution in [-0.4, -0.2) is 28.2 Å². The van der Waals surface area contributed by atoms with Gasteiger partial charge in [0.15, 0.2) is 5.78 Å². The van der Waals surface area contributed by atoms with Crippen LogP contribution in [0.5, 0.6) is 0 Å². The molecule has 0 amide bonds. The molecule has 0 saturated heterocycles. The number of rotatable bonds is 3. The van der Waals surface area contributed by atoms with E-state index in [-0.39, 0.29) is 23.7 Å². The summed E-state index contributed by atoms with van der Waals surface area (Å²) in [4.78, 5) is 45.0. The van der Waals surface area contributed by atoms with Gasteiger partial charge in [0.1, 0.15) is 5.71 Å². The first-order valence-electron chi connectivity index (χ1n) is 9.91. The largest absolute Gasteiger partial charge is 0.355 e. The van der Waals surface area contributed by atoms with Crippen LogP contribution in [0.1, 0.15) is 44.3 Å². The first kappa shape index (κ1) is 18.9. The maximum absolute atomic E-state index is 13.1. The first-order valence-corrected chi connectivity index (χ1v) is 9.91. The van der Waals surface area contributed by atoms with Crippen molar-refractivity contribution in [1.29, 1.82) is 0 Å². The van der Waals surface area contributed by atoms with E-state index >= 15 is 0 Å². The molecule has 1 aliphatic carbocycles. The van der Waals surface area contributed by atoms with Crippen molar-refractivity contribution in [2.24, 2.45) is 5.16 Å². The average molecular weight is 410 g/mol. The second-order valence-electron chi connectivity index (χ2n) is 7.67. The topological polar surface area (TPSA) is 88.6 Å². The number of nitrogens with one attached hydrogen (secondary N) is 1. The number of aromatic nitrogens is 1. The molecular weight excluding hydrogens is 392 g/mol. The molecule has 3 aromatic carbocycles. The minimum atomic E-state index is -0.576. The van der Waals surface area contributed by atoms with Gasteiger partial charge in [-0.2, -0.15) is 0 Å². The van der Waals surface area contributed by atoms with Crippen LogP contribution in [-0.2, 0) is 16.1 Å². The van der Waals surface area contributed by atoms with E-state index in [0.717, 1.165) is 32.9 Å². The Morgan fingerprint density at radius 1 is 1.03 bits per heavy atom. The molecule has 31 heavy (non-hydrogen) atoms. The molecule has 0 bridgehead atoms. The summed E-state index contributed by atoms with van der Waals surface area (Å²) < 4.78 is 0. The number of nitrogens with zero attached hydrogens (tertiary/aromatic N) is 1. The zero-order valence-corrected chi connectivity index (χ0v) is 17.0.